The zero-order valence-corrected chi connectivity index (χ0v) is 15.9. The minimum Gasteiger partial charge on any atom is -0.483 e. The Morgan fingerprint density at radius 2 is 1.30 bits per heavy atom. The molecule has 0 radical (unpaired) electrons. The lowest BCUT2D eigenvalue weighted by molar-refractivity contribution is -0.124. The maximum absolute atomic E-state index is 11.8. The van der Waals surface area contributed by atoms with E-state index in [1.807, 2.05) is 50.2 Å². The minimum atomic E-state index is -0.443. The van der Waals surface area contributed by atoms with Crippen LogP contribution in [0.25, 0.3) is 0 Å². The molecular weight excluding hydrogens is 366 g/mol. The van der Waals surface area contributed by atoms with Crippen LogP contribution in [-0.2, 0) is 9.59 Å². The Labute approximate surface area is 163 Å². The number of nitrogens with one attached hydrogen (secondary N) is 3. The van der Waals surface area contributed by atoms with Gasteiger partial charge in [0.1, 0.15) is 11.5 Å². The summed E-state index contributed by atoms with van der Waals surface area (Å²) in [6.45, 7) is 3.38. The summed E-state index contributed by atoms with van der Waals surface area (Å²) in [5.74, 6) is 0.359. The van der Waals surface area contributed by atoms with E-state index in [2.05, 4.69) is 16.2 Å². The number of carbonyl (C=O) groups is 2. The van der Waals surface area contributed by atoms with Crippen molar-refractivity contribution >= 4 is 29.1 Å². The molecule has 0 aliphatic carbocycles. The van der Waals surface area contributed by atoms with Crippen molar-refractivity contribution in [3.8, 4) is 11.5 Å². The highest BCUT2D eigenvalue weighted by atomic mass is 32.1. The molecule has 2 amide bonds. The second-order valence-corrected chi connectivity index (χ2v) is 6.07. The summed E-state index contributed by atoms with van der Waals surface area (Å²) in [5.41, 5.74) is 6.64. The number of benzene rings is 2. The fourth-order valence-corrected chi connectivity index (χ4v) is 2.24. The molecule has 2 aromatic carbocycles. The van der Waals surface area contributed by atoms with Gasteiger partial charge in [0.05, 0.1) is 0 Å². The molecule has 0 atom stereocenters. The summed E-state index contributed by atoms with van der Waals surface area (Å²) >= 11 is 4.95. The molecule has 7 nitrogen and oxygen atoms in total. The second-order valence-electron chi connectivity index (χ2n) is 5.66. The van der Waals surface area contributed by atoms with E-state index in [-0.39, 0.29) is 18.3 Å². The van der Waals surface area contributed by atoms with Crippen molar-refractivity contribution in [2.24, 2.45) is 0 Å². The molecule has 3 N–H and O–H groups in total. The summed E-state index contributed by atoms with van der Waals surface area (Å²) in [6, 6.07) is 14.7. The van der Waals surface area contributed by atoms with E-state index in [4.69, 9.17) is 21.7 Å². The first kappa shape index (κ1) is 20.2. The molecule has 0 aliphatic heterocycles. The monoisotopic (exact) mass is 387 g/mol. The largest absolute Gasteiger partial charge is 0.483 e. The molecule has 0 aromatic heterocycles. The third-order valence-electron chi connectivity index (χ3n) is 3.47. The van der Waals surface area contributed by atoms with Gasteiger partial charge >= 0.3 is 0 Å². The van der Waals surface area contributed by atoms with Gasteiger partial charge in [-0.3, -0.25) is 25.8 Å². The van der Waals surface area contributed by atoms with E-state index in [0.29, 0.717) is 11.5 Å². The van der Waals surface area contributed by atoms with Gasteiger partial charge in [0.25, 0.3) is 11.8 Å². The number of hydrogen-bond donors (Lipinski definition) is 3. The summed E-state index contributed by atoms with van der Waals surface area (Å²) in [6.07, 6.45) is 0. The first-order chi connectivity index (χ1) is 13.0. The number of hydrogen-bond acceptors (Lipinski definition) is 5. The van der Waals surface area contributed by atoms with E-state index in [1.165, 1.54) is 0 Å². The van der Waals surface area contributed by atoms with Crippen LogP contribution in [0.5, 0.6) is 11.5 Å². The Hall–Kier alpha value is -3.13. The van der Waals surface area contributed by atoms with E-state index >= 15 is 0 Å². The third-order valence-corrected chi connectivity index (χ3v) is 3.68. The first-order valence-electron chi connectivity index (χ1n) is 8.21. The zero-order valence-electron chi connectivity index (χ0n) is 15.1. The van der Waals surface area contributed by atoms with Gasteiger partial charge in [-0.2, -0.15) is 0 Å². The number of hydrazine groups is 1. The number of rotatable bonds is 6. The van der Waals surface area contributed by atoms with Crippen LogP contribution in [0.2, 0.25) is 0 Å². The normalized spacial score (nSPS) is 9.85. The summed E-state index contributed by atoms with van der Waals surface area (Å²) in [4.78, 5) is 23.6. The van der Waals surface area contributed by atoms with Crippen molar-refractivity contribution in [2.45, 2.75) is 13.8 Å². The van der Waals surface area contributed by atoms with Crippen LogP contribution in [0.3, 0.4) is 0 Å². The topological polar surface area (TPSA) is 88.7 Å². The van der Waals surface area contributed by atoms with Gasteiger partial charge in [0, 0.05) is 0 Å². The van der Waals surface area contributed by atoms with Gasteiger partial charge in [-0.05, 0) is 49.3 Å². The van der Waals surface area contributed by atoms with Gasteiger partial charge in [0.15, 0.2) is 18.3 Å². The van der Waals surface area contributed by atoms with E-state index < -0.39 is 11.8 Å². The van der Waals surface area contributed by atoms with Gasteiger partial charge in [-0.25, -0.2) is 0 Å². The Bertz CT molecular complexity index is 826. The maximum atomic E-state index is 11.8. The zero-order chi connectivity index (χ0) is 19.6. The van der Waals surface area contributed by atoms with Crippen LogP contribution in [-0.4, -0.2) is 30.1 Å². The minimum absolute atomic E-state index is 0.0439. The van der Waals surface area contributed by atoms with Crippen LogP contribution < -0.4 is 25.6 Å². The molecule has 0 spiro atoms. The van der Waals surface area contributed by atoms with Crippen molar-refractivity contribution in [2.75, 3.05) is 13.2 Å². The number of carbonyl (C=O) groups excluding carboxylic acids is 2. The highest BCUT2D eigenvalue weighted by Crippen LogP contribution is 2.16. The fourth-order valence-electron chi connectivity index (χ4n) is 2.08. The highest BCUT2D eigenvalue weighted by molar-refractivity contribution is 7.80. The molecule has 0 unspecified atom stereocenters. The van der Waals surface area contributed by atoms with E-state index in [0.717, 1.165) is 11.1 Å². The number of amides is 2. The van der Waals surface area contributed by atoms with Crippen LogP contribution in [0.15, 0.2) is 48.5 Å². The molecule has 142 valence electrons. The lowest BCUT2D eigenvalue weighted by Crippen LogP contribution is -2.50. The average molecular weight is 387 g/mol. The molecular formula is C19H21N3O4S. The molecule has 0 heterocycles. The van der Waals surface area contributed by atoms with Gasteiger partial charge in [-0.15, -0.1) is 0 Å². The van der Waals surface area contributed by atoms with Crippen LogP contribution >= 0.6 is 12.2 Å². The predicted molar refractivity (Wildman–Crippen MR) is 105 cm³/mol. The van der Waals surface area contributed by atoms with Crippen molar-refractivity contribution in [3.05, 3.63) is 59.7 Å². The predicted octanol–water partition coefficient (Wildman–Crippen LogP) is 1.78. The first-order valence-corrected chi connectivity index (χ1v) is 8.62. The number of ether oxygens (including phenoxy) is 2. The smallest absolute Gasteiger partial charge is 0.276 e. The summed E-state index contributed by atoms with van der Waals surface area (Å²) < 4.78 is 10.8. The van der Waals surface area contributed by atoms with Gasteiger partial charge in [-0.1, -0.05) is 36.4 Å². The van der Waals surface area contributed by atoms with Crippen molar-refractivity contribution < 1.29 is 19.1 Å². The SMILES string of the molecule is Cc1ccccc1OCC(=O)NNC(=S)NC(=O)COc1ccccc1C. The standard InChI is InChI=1S/C19H21N3O4S/c1-13-7-3-5-9-15(13)25-11-17(23)20-19(27)22-21-18(24)12-26-16-10-6-4-8-14(16)2/h3-10H,11-12H2,1-2H3,(H,21,24)(H2,20,22,23,27). The van der Waals surface area contributed by atoms with Crippen LogP contribution in [0, 0.1) is 13.8 Å². The second kappa shape index (κ2) is 10.1. The number of para-hydroxylation sites is 2. The number of aryl methyl sites for hydroxylation is 2. The van der Waals surface area contributed by atoms with Crippen LogP contribution in [0.4, 0.5) is 0 Å². The summed E-state index contributed by atoms with van der Waals surface area (Å²) in [5, 5.41) is 2.36. The maximum Gasteiger partial charge on any atom is 0.276 e. The van der Waals surface area contributed by atoms with Crippen LogP contribution in [0.1, 0.15) is 11.1 Å². The molecule has 8 heteroatoms. The third kappa shape index (κ3) is 6.95. The van der Waals surface area contributed by atoms with Crippen molar-refractivity contribution in [1.29, 1.82) is 0 Å². The molecule has 0 aliphatic rings. The van der Waals surface area contributed by atoms with Crippen molar-refractivity contribution in [3.63, 3.8) is 0 Å². The van der Waals surface area contributed by atoms with Gasteiger partial charge < -0.3 is 9.47 Å². The lowest BCUT2D eigenvalue weighted by atomic mass is 10.2. The number of thiocarbonyl (C=S) groups is 1. The molecule has 0 saturated heterocycles. The molecule has 27 heavy (non-hydrogen) atoms. The summed E-state index contributed by atoms with van der Waals surface area (Å²) in [7, 11) is 0. The Balaban J connectivity index is 1.66. The van der Waals surface area contributed by atoms with E-state index in [1.54, 1.807) is 12.1 Å². The molecule has 2 rings (SSSR count). The molecule has 0 bridgehead atoms. The molecule has 0 saturated carbocycles. The Morgan fingerprint density at radius 3 is 1.81 bits per heavy atom. The average Bonchev–Trinajstić information content (AvgIpc) is 2.65. The molecule has 0 fully saturated rings. The van der Waals surface area contributed by atoms with Gasteiger partial charge in [0.2, 0.25) is 0 Å². The fraction of sp³-hybridized carbons (Fsp3) is 0.211. The van der Waals surface area contributed by atoms with Crippen molar-refractivity contribution in [1.82, 2.24) is 16.2 Å². The molecule has 2 aromatic rings. The highest BCUT2D eigenvalue weighted by Gasteiger charge is 2.08. The lowest BCUT2D eigenvalue weighted by Gasteiger charge is -2.13. The van der Waals surface area contributed by atoms with E-state index in [9.17, 15) is 9.59 Å². The Morgan fingerprint density at radius 1 is 0.815 bits per heavy atom. The Kier molecular flexibility index (Phi) is 7.57. The quantitative estimate of drug-likeness (QED) is 0.517.